The third-order valence-electron chi connectivity index (χ3n) is 5.21. The second-order valence-electron chi connectivity index (χ2n) is 7.57. The quantitative estimate of drug-likeness (QED) is 0.600. The summed E-state index contributed by atoms with van der Waals surface area (Å²) in [6, 6.07) is 7.11. The van der Waals surface area contributed by atoms with Gasteiger partial charge >= 0.3 is 0 Å². The van der Waals surface area contributed by atoms with Crippen LogP contribution in [0.1, 0.15) is 34.8 Å². The number of halogens is 2. The van der Waals surface area contributed by atoms with E-state index in [1.54, 1.807) is 11.3 Å². The van der Waals surface area contributed by atoms with Crippen molar-refractivity contribution in [3.63, 3.8) is 0 Å². The molecule has 1 aromatic carbocycles. The molecular formula is C20H22F2N6O2S. The lowest BCUT2D eigenvalue weighted by molar-refractivity contribution is -0.133. The van der Waals surface area contributed by atoms with E-state index in [-0.39, 0.29) is 24.6 Å². The minimum Gasteiger partial charge on any atom is -0.354 e. The van der Waals surface area contributed by atoms with Crippen molar-refractivity contribution >= 4 is 33.4 Å². The van der Waals surface area contributed by atoms with Gasteiger partial charge in [-0.3, -0.25) is 9.59 Å². The Kier molecular flexibility index (Phi) is 5.94. The summed E-state index contributed by atoms with van der Waals surface area (Å²) in [6.45, 7) is -0.544. The van der Waals surface area contributed by atoms with Crippen molar-refractivity contribution in [1.29, 1.82) is 0 Å². The van der Waals surface area contributed by atoms with Gasteiger partial charge in [0.15, 0.2) is 5.69 Å². The van der Waals surface area contributed by atoms with Gasteiger partial charge in [0.2, 0.25) is 5.91 Å². The van der Waals surface area contributed by atoms with Gasteiger partial charge in [0.25, 0.3) is 11.8 Å². The number of carbonyl (C=O) groups is 2. The van der Waals surface area contributed by atoms with Crippen LogP contribution in [-0.2, 0) is 17.8 Å². The normalized spacial score (nSPS) is 17.9. The summed E-state index contributed by atoms with van der Waals surface area (Å²) in [5.41, 5.74) is 1.03. The fourth-order valence-corrected chi connectivity index (χ4v) is 4.76. The summed E-state index contributed by atoms with van der Waals surface area (Å²) in [5.74, 6) is -3.67. The van der Waals surface area contributed by atoms with E-state index in [0.29, 0.717) is 12.8 Å². The number of aromatic nitrogens is 4. The SMILES string of the molecule is CNC(=O)c1cn(CC2CC(F)(F)CN2C(=O)CCCc2nc3ccccc3s2)nn1. The van der Waals surface area contributed by atoms with Gasteiger partial charge in [-0.05, 0) is 25.0 Å². The topological polar surface area (TPSA) is 93.0 Å². The second-order valence-corrected chi connectivity index (χ2v) is 8.68. The zero-order valence-electron chi connectivity index (χ0n) is 16.9. The van der Waals surface area contributed by atoms with Crippen molar-refractivity contribution in [3.8, 4) is 0 Å². The summed E-state index contributed by atoms with van der Waals surface area (Å²) < 4.78 is 30.6. The first-order valence-corrected chi connectivity index (χ1v) is 10.8. The molecule has 31 heavy (non-hydrogen) atoms. The van der Waals surface area contributed by atoms with Crippen LogP contribution in [0.15, 0.2) is 30.5 Å². The Morgan fingerprint density at radius 3 is 2.90 bits per heavy atom. The number of amides is 2. The fourth-order valence-electron chi connectivity index (χ4n) is 3.75. The first kappa shape index (κ1) is 21.3. The maximum Gasteiger partial charge on any atom is 0.273 e. The molecule has 4 rings (SSSR count). The van der Waals surface area contributed by atoms with Crippen LogP contribution in [0.5, 0.6) is 0 Å². The molecule has 1 N–H and O–H groups in total. The highest BCUT2D eigenvalue weighted by Gasteiger charge is 2.46. The van der Waals surface area contributed by atoms with E-state index in [2.05, 4.69) is 20.6 Å². The summed E-state index contributed by atoms with van der Waals surface area (Å²) in [7, 11) is 1.47. The minimum absolute atomic E-state index is 0.0587. The van der Waals surface area contributed by atoms with Gasteiger partial charge in [-0.25, -0.2) is 18.4 Å². The third kappa shape index (κ3) is 4.87. The van der Waals surface area contributed by atoms with Crippen molar-refractivity contribution in [3.05, 3.63) is 41.2 Å². The number of hydrogen-bond donors (Lipinski definition) is 1. The van der Waals surface area contributed by atoms with Crippen LogP contribution in [0.25, 0.3) is 10.2 Å². The molecule has 2 amide bonds. The smallest absolute Gasteiger partial charge is 0.273 e. The Balaban J connectivity index is 1.36. The van der Waals surface area contributed by atoms with Gasteiger partial charge < -0.3 is 10.2 Å². The molecule has 0 spiro atoms. The van der Waals surface area contributed by atoms with Gasteiger partial charge in [-0.1, -0.05) is 17.3 Å². The number of nitrogens with zero attached hydrogens (tertiary/aromatic N) is 5. The monoisotopic (exact) mass is 448 g/mol. The van der Waals surface area contributed by atoms with Crippen LogP contribution in [0.2, 0.25) is 0 Å². The lowest BCUT2D eigenvalue weighted by Gasteiger charge is -2.23. The molecule has 1 unspecified atom stereocenters. The Hall–Kier alpha value is -2.95. The van der Waals surface area contributed by atoms with Gasteiger partial charge in [-0.2, -0.15) is 0 Å². The van der Waals surface area contributed by atoms with Crippen molar-refractivity contribution in [2.75, 3.05) is 13.6 Å². The standard InChI is InChI=1S/C20H22F2N6O2S/c1-23-19(30)15-11-27(26-25-15)10-13-9-20(21,22)12-28(13)18(29)8-4-7-17-24-14-5-2-3-6-16(14)31-17/h2-3,5-6,11,13H,4,7-10,12H2,1H3,(H,23,30). The number of rotatable bonds is 7. The lowest BCUT2D eigenvalue weighted by atomic mass is 10.1. The van der Waals surface area contributed by atoms with Crippen LogP contribution in [0, 0.1) is 0 Å². The predicted octanol–water partition coefficient (Wildman–Crippen LogP) is 2.51. The molecule has 1 atom stereocenters. The van der Waals surface area contributed by atoms with E-state index < -0.39 is 30.8 Å². The fraction of sp³-hybridized carbons (Fsp3) is 0.450. The minimum atomic E-state index is -2.95. The molecule has 8 nitrogen and oxygen atoms in total. The molecule has 3 aromatic rings. The number of thiazole rings is 1. The maximum atomic E-state index is 14.1. The lowest BCUT2D eigenvalue weighted by Crippen LogP contribution is -2.38. The second kappa shape index (κ2) is 8.66. The first-order valence-electron chi connectivity index (χ1n) is 9.98. The number of para-hydroxylation sites is 1. The first-order chi connectivity index (χ1) is 14.8. The van der Waals surface area contributed by atoms with Crippen LogP contribution >= 0.6 is 11.3 Å². The molecule has 1 aliphatic rings. The summed E-state index contributed by atoms with van der Waals surface area (Å²) in [4.78, 5) is 30.1. The third-order valence-corrected chi connectivity index (χ3v) is 6.31. The molecule has 1 fully saturated rings. The average Bonchev–Trinajstić information content (AvgIpc) is 3.44. The molecule has 0 saturated carbocycles. The number of likely N-dealkylation sites (tertiary alicyclic amines) is 1. The molecule has 0 bridgehead atoms. The molecule has 1 saturated heterocycles. The van der Waals surface area contributed by atoms with Crippen LogP contribution < -0.4 is 5.32 Å². The van der Waals surface area contributed by atoms with Crippen molar-refractivity contribution in [2.24, 2.45) is 0 Å². The van der Waals surface area contributed by atoms with Gasteiger partial charge in [0.05, 0.1) is 40.6 Å². The van der Waals surface area contributed by atoms with Gasteiger partial charge in [0.1, 0.15) is 0 Å². The largest absolute Gasteiger partial charge is 0.354 e. The highest BCUT2D eigenvalue weighted by molar-refractivity contribution is 7.18. The Labute approximate surface area is 181 Å². The van der Waals surface area contributed by atoms with Crippen LogP contribution in [0.3, 0.4) is 0 Å². The molecule has 1 aliphatic heterocycles. The van der Waals surface area contributed by atoms with Crippen LogP contribution in [0.4, 0.5) is 8.78 Å². The number of nitrogens with one attached hydrogen (secondary N) is 1. The van der Waals surface area contributed by atoms with Gasteiger partial charge in [0, 0.05) is 19.9 Å². The van der Waals surface area contributed by atoms with E-state index >= 15 is 0 Å². The van der Waals surface area contributed by atoms with E-state index in [1.165, 1.54) is 22.8 Å². The van der Waals surface area contributed by atoms with E-state index in [9.17, 15) is 18.4 Å². The van der Waals surface area contributed by atoms with Gasteiger partial charge in [-0.15, -0.1) is 16.4 Å². The van der Waals surface area contributed by atoms with E-state index in [1.807, 2.05) is 24.3 Å². The molecule has 11 heteroatoms. The highest BCUT2D eigenvalue weighted by Crippen LogP contribution is 2.33. The Morgan fingerprint density at radius 2 is 2.13 bits per heavy atom. The average molecular weight is 448 g/mol. The number of alkyl halides is 2. The zero-order valence-corrected chi connectivity index (χ0v) is 17.7. The number of aryl methyl sites for hydroxylation is 1. The highest BCUT2D eigenvalue weighted by atomic mass is 32.1. The maximum absolute atomic E-state index is 14.1. The summed E-state index contributed by atoms with van der Waals surface area (Å²) in [5, 5.41) is 10.9. The van der Waals surface area contributed by atoms with Crippen molar-refractivity contribution in [1.82, 2.24) is 30.2 Å². The van der Waals surface area contributed by atoms with Crippen LogP contribution in [-0.4, -0.2) is 62.2 Å². The zero-order chi connectivity index (χ0) is 22.0. The Morgan fingerprint density at radius 1 is 1.32 bits per heavy atom. The van der Waals surface area contributed by atoms with E-state index in [0.717, 1.165) is 15.2 Å². The molecule has 2 aromatic heterocycles. The number of benzene rings is 1. The molecule has 0 aliphatic carbocycles. The summed E-state index contributed by atoms with van der Waals surface area (Å²) in [6.07, 6.45) is 2.29. The summed E-state index contributed by atoms with van der Waals surface area (Å²) >= 11 is 1.58. The molecule has 164 valence electrons. The van der Waals surface area contributed by atoms with E-state index in [4.69, 9.17) is 0 Å². The number of hydrogen-bond acceptors (Lipinski definition) is 6. The molecule has 0 radical (unpaired) electrons. The Bertz CT molecular complexity index is 1070. The molecule has 3 heterocycles. The molecular weight excluding hydrogens is 426 g/mol. The van der Waals surface area contributed by atoms with Crippen molar-refractivity contribution < 1.29 is 18.4 Å². The van der Waals surface area contributed by atoms with Crippen molar-refractivity contribution in [2.45, 2.75) is 44.2 Å². The number of carbonyl (C=O) groups excluding carboxylic acids is 2. The number of fused-ring (bicyclic) bond motifs is 1. The predicted molar refractivity (Wildman–Crippen MR) is 111 cm³/mol.